The zero-order chi connectivity index (χ0) is 11.4. The van der Waals surface area contributed by atoms with Crippen LogP contribution < -0.4 is 5.73 Å². The molecule has 0 saturated heterocycles. The fourth-order valence-electron chi connectivity index (χ4n) is 1.38. The first-order valence-electron chi connectivity index (χ1n) is 5.14. The fraction of sp³-hybridized carbons (Fsp3) is 0.273. The van der Waals surface area contributed by atoms with Crippen LogP contribution in [0.15, 0.2) is 35.7 Å². The second-order valence-electron chi connectivity index (χ2n) is 3.35. The maximum absolute atomic E-state index is 5.57. The maximum Gasteiger partial charge on any atom is 0.119 e. The van der Waals surface area contributed by atoms with E-state index in [-0.39, 0.29) is 0 Å². The van der Waals surface area contributed by atoms with E-state index in [1.54, 1.807) is 18.0 Å². The molecule has 0 atom stereocenters. The number of hydrogen-bond acceptors (Lipinski definition) is 4. The summed E-state index contributed by atoms with van der Waals surface area (Å²) < 4.78 is 2.13. The van der Waals surface area contributed by atoms with Crippen molar-refractivity contribution in [2.45, 2.75) is 24.2 Å². The zero-order valence-corrected chi connectivity index (χ0v) is 9.94. The highest BCUT2D eigenvalue weighted by Crippen LogP contribution is 2.20. The molecule has 2 aromatic heterocycles. The van der Waals surface area contributed by atoms with Crippen molar-refractivity contribution < 1.29 is 0 Å². The van der Waals surface area contributed by atoms with Crippen LogP contribution in [0.3, 0.4) is 0 Å². The van der Waals surface area contributed by atoms with Crippen molar-refractivity contribution in [1.29, 1.82) is 0 Å². The van der Waals surface area contributed by atoms with Gasteiger partial charge in [0.15, 0.2) is 0 Å². The molecule has 2 N–H and O–H groups in total. The van der Waals surface area contributed by atoms with Crippen LogP contribution >= 0.6 is 11.8 Å². The van der Waals surface area contributed by atoms with E-state index in [9.17, 15) is 0 Å². The number of pyridine rings is 1. The summed E-state index contributed by atoms with van der Waals surface area (Å²) in [6, 6.07) is 3.79. The molecule has 0 saturated carbocycles. The lowest BCUT2D eigenvalue weighted by molar-refractivity contribution is 0.725. The largest absolute Gasteiger partial charge is 0.397 e. The molecule has 2 heterocycles. The Bertz CT molecular complexity index is 449. The molecule has 0 spiro atoms. The molecule has 0 fully saturated rings. The third-order valence-electron chi connectivity index (χ3n) is 2.25. The highest BCUT2D eigenvalue weighted by atomic mass is 32.2. The van der Waals surface area contributed by atoms with Crippen LogP contribution in [0, 0.1) is 0 Å². The standard InChI is InChI=1S/C11H14N4S/c1-2-15-6-5-13-10(15)8-16-11-4-3-9(12)7-14-11/h3-7H,2,8,12H2,1H3. The Labute approximate surface area is 98.9 Å². The van der Waals surface area contributed by atoms with Crippen LogP contribution in [0.2, 0.25) is 0 Å². The average Bonchev–Trinajstić information content (AvgIpc) is 2.76. The maximum atomic E-state index is 5.57. The minimum Gasteiger partial charge on any atom is -0.397 e. The Balaban J connectivity index is 1.99. The molecule has 0 aliphatic heterocycles. The lowest BCUT2D eigenvalue weighted by Gasteiger charge is -2.04. The zero-order valence-electron chi connectivity index (χ0n) is 9.13. The smallest absolute Gasteiger partial charge is 0.119 e. The van der Waals surface area contributed by atoms with Gasteiger partial charge in [0.2, 0.25) is 0 Å². The van der Waals surface area contributed by atoms with Gasteiger partial charge < -0.3 is 10.3 Å². The highest BCUT2D eigenvalue weighted by molar-refractivity contribution is 7.98. The number of rotatable bonds is 4. The van der Waals surface area contributed by atoms with Crippen LogP contribution in [-0.2, 0) is 12.3 Å². The molecule has 5 heteroatoms. The first-order chi connectivity index (χ1) is 7.79. The molecule has 0 amide bonds. The van der Waals surface area contributed by atoms with E-state index in [1.165, 1.54) is 0 Å². The van der Waals surface area contributed by atoms with Gasteiger partial charge in [-0.3, -0.25) is 0 Å². The average molecular weight is 234 g/mol. The third-order valence-corrected chi connectivity index (χ3v) is 3.19. The quantitative estimate of drug-likeness (QED) is 0.824. The summed E-state index contributed by atoms with van der Waals surface area (Å²) in [5.74, 6) is 1.91. The topological polar surface area (TPSA) is 56.7 Å². The molecule has 84 valence electrons. The first kappa shape index (κ1) is 11.0. The molecular weight excluding hydrogens is 220 g/mol. The van der Waals surface area contributed by atoms with Gasteiger partial charge in [-0.15, -0.1) is 0 Å². The molecule has 4 nitrogen and oxygen atoms in total. The normalized spacial score (nSPS) is 10.6. The second kappa shape index (κ2) is 5.03. The number of nitrogens with zero attached hydrogens (tertiary/aromatic N) is 3. The van der Waals surface area contributed by atoms with Gasteiger partial charge in [-0.05, 0) is 19.1 Å². The summed E-state index contributed by atoms with van der Waals surface area (Å²) in [5.41, 5.74) is 6.27. The number of thioether (sulfide) groups is 1. The molecule has 0 radical (unpaired) electrons. The number of aromatic nitrogens is 3. The van der Waals surface area contributed by atoms with Crippen LogP contribution in [0.25, 0.3) is 0 Å². The van der Waals surface area contributed by atoms with Crippen molar-refractivity contribution in [1.82, 2.24) is 14.5 Å². The predicted molar refractivity (Wildman–Crippen MR) is 66.1 cm³/mol. The summed E-state index contributed by atoms with van der Waals surface area (Å²) in [5, 5.41) is 0.972. The highest BCUT2D eigenvalue weighted by Gasteiger charge is 2.02. The van der Waals surface area contributed by atoms with E-state index < -0.39 is 0 Å². The van der Waals surface area contributed by atoms with Crippen LogP contribution in [-0.4, -0.2) is 14.5 Å². The minimum absolute atomic E-state index is 0.694. The van der Waals surface area contributed by atoms with Crippen molar-refractivity contribution in [2.75, 3.05) is 5.73 Å². The monoisotopic (exact) mass is 234 g/mol. The number of hydrogen-bond donors (Lipinski definition) is 1. The lowest BCUT2D eigenvalue weighted by atomic mass is 10.4. The van der Waals surface area contributed by atoms with Crippen molar-refractivity contribution in [3.8, 4) is 0 Å². The number of nitrogens with two attached hydrogens (primary N) is 1. The van der Waals surface area contributed by atoms with E-state index in [0.717, 1.165) is 23.1 Å². The molecule has 0 aromatic carbocycles. The Kier molecular flexibility index (Phi) is 3.46. The number of aryl methyl sites for hydroxylation is 1. The van der Waals surface area contributed by atoms with Gasteiger partial charge in [-0.1, -0.05) is 11.8 Å². The molecule has 0 aliphatic carbocycles. The van der Waals surface area contributed by atoms with Gasteiger partial charge in [0.25, 0.3) is 0 Å². The predicted octanol–water partition coefficient (Wildman–Crippen LogP) is 2.17. The minimum atomic E-state index is 0.694. The first-order valence-corrected chi connectivity index (χ1v) is 6.12. The summed E-state index contributed by atoms with van der Waals surface area (Å²) in [7, 11) is 0. The second-order valence-corrected chi connectivity index (χ2v) is 4.34. The van der Waals surface area contributed by atoms with E-state index in [0.29, 0.717) is 5.69 Å². The van der Waals surface area contributed by atoms with Crippen molar-refractivity contribution >= 4 is 17.4 Å². The number of imidazole rings is 1. The van der Waals surface area contributed by atoms with E-state index in [1.807, 2.05) is 24.5 Å². The molecule has 2 aromatic rings. The fourth-order valence-corrected chi connectivity index (χ4v) is 2.19. The number of nitrogen functional groups attached to an aromatic ring is 1. The number of anilines is 1. The summed E-state index contributed by atoms with van der Waals surface area (Å²) in [6.07, 6.45) is 5.50. The van der Waals surface area contributed by atoms with Crippen molar-refractivity contribution in [3.05, 3.63) is 36.5 Å². The molecule has 0 aliphatic rings. The molecular formula is C11H14N4S. The Hall–Kier alpha value is -1.49. The lowest BCUT2D eigenvalue weighted by Crippen LogP contribution is -1.99. The van der Waals surface area contributed by atoms with Crippen molar-refractivity contribution in [2.24, 2.45) is 0 Å². The van der Waals surface area contributed by atoms with Crippen LogP contribution in [0.4, 0.5) is 5.69 Å². The summed E-state index contributed by atoms with van der Waals surface area (Å²) >= 11 is 1.67. The Morgan fingerprint density at radius 1 is 1.38 bits per heavy atom. The van der Waals surface area contributed by atoms with E-state index >= 15 is 0 Å². The molecule has 0 bridgehead atoms. The molecule has 0 unspecified atom stereocenters. The van der Waals surface area contributed by atoms with Crippen molar-refractivity contribution in [3.63, 3.8) is 0 Å². The van der Waals surface area contributed by atoms with Gasteiger partial charge >= 0.3 is 0 Å². The van der Waals surface area contributed by atoms with Gasteiger partial charge in [0.1, 0.15) is 5.82 Å². The van der Waals surface area contributed by atoms with Gasteiger partial charge in [-0.25, -0.2) is 9.97 Å². The van der Waals surface area contributed by atoms with Gasteiger partial charge in [0.05, 0.1) is 22.7 Å². The van der Waals surface area contributed by atoms with Gasteiger partial charge in [-0.2, -0.15) is 0 Å². The summed E-state index contributed by atoms with van der Waals surface area (Å²) in [4.78, 5) is 8.54. The van der Waals surface area contributed by atoms with E-state index in [2.05, 4.69) is 21.5 Å². The summed E-state index contributed by atoms with van der Waals surface area (Å²) in [6.45, 7) is 3.06. The molecule has 2 rings (SSSR count). The van der Waals surface area contributed by atoms with Gasteiger partial charge in [0, 0.05) is 18.9 Å². The Morgan fingerprint density at radius 3 is 2.94 bits per heavy atom. The van der Waals surface area contributed by atoms with E-state index in [4.69, 9.17) is 5.73 Å². The van der Waals surface area contributed by atoms with Crippen LogP contribution in [0.1, 0.15) is 12.7 Å². The third kappa shape index (κ3) is 2.55. The Morgan fingerprint density at radius 2 is 2.25 bits per heavy atom. The van der Waals surface area contributed by atoms with Crippen LogP contribution in [0.5, 0.6) is 0 Å². The SMILES string of the molecule is CCn1ccnc1CSc1ccc(N)cn1. The molecule has 16 heavy (non-hydrogen) atoms.